The largest absolute Gasteiger partial charge is 0.489 e. The maximum Gasteiger partial charge on any atom is 0.422 e. The Hall–Kier alpha value is -2.57. The molecule has 29 heavy (non-hydrogen) atoms. The molecule has 152 valence electrons. The van der Waals surface area contributed by atoms with Gasteiger partial charge in [0.15, 0.2) is 5.60 Å². The second-order valence-corrected chi connectivity index (χ2v) is 7.09. The third-order valence-corrected chi connectivity index (χ3v) is 5.19. The third-order valence-electron chi connectivity index (χ3n) is 4.87. The zero-order valence-corrected chi connectivity index (χ0v) is 16.3. The molecule has 2 atom stereocenters. The predicted octanol–water partition coefficient (Wildman–Crippen LogP) is 5.87. The number of hydrogen-bond acceptors (Lipinski definition) is 3. The Balaban J connectivity index is 1.88. The van der Waals surface area contributed by atoms with Gasteiger partial charge >= 0.3 is 6.18 Å². The first-order valence-corrected chi connectivity index (χ1v) is 9.27. The number of aromatic nitrogens is 1. The van der Waals surface area contributed by atoms with Crippen LogP contribution in [0.3, 0.4) is 0 Å². The molecule has 3 aromatic rings. The maximum atomic E-state index is 13.9. The van der Waals surface area contributed by atoms with E-state index in [9.17, 15) is 18.3 Å². The number of halogens is 4. The highest BCUT2D eigenvalue weighted by molar-refractivity contribution is 6.31. The molecule has 3 nitrogen and oxygen atoms in total. The molecule has 0 fully saturated rings. The molecule has 7 heteroatoms. The van der Waals surface area contributed by atoms with Gasteiger partial charge in [-0.15, -0.1) is 0 Å². The van der Waals surface area contributed by atoms with Crippen LogP contribution < -0.4 is 4.74 Å². The van der Waals surface area contributed by atoms with Crippen molar-refractivity contribution < 1.29 is 23.0 Å². The van der Waals surface area contributed by atoms with Crippen LogP contribution in [0.4, 0.5) is 13.2 Å². The molecule has 0 amide bonds. The molecular formula is C22H19ClF3NO2. The first-order valence-electron chi connectivity index (χ1n) is 8.89. The van der Waals surface area contributed by atoms with Crippen LogP contribution in [0.1, 0.15) is 29.5 Å². The van der Waals surface area contributed by atoms with Crippen LogP contribution in [0.5, 0.6) is 5.75 Å². The lowest BCUT2D eigenvalue weighted by molar-refractivity contribution is -0.274. The van der Waals surface area contributed by atoms with Crippen molar-refractivity contribution in [3.8, 4) is 5.75 Å². The normalized spacial score (nSPS) is 14.8. The Kier molecular flexibility index (Phi) is 6.15. The molecule has 0 spiro atoms. The minimum absolute atomic E-state index is 0.0831. The summed E-state index contributed by atoms with van der Waals surface area (Å²) >= 11 is 6.28. The molecule has 0 saturated heterocycles. The minimum Gasteiger partial charge on any atom is -0.489 e. The Morgan fingerprint density at radius 1 is 1.03 bits per heavy atom. The average Bonchev–Trinajstić information content (AvgIpc) is 2.72. The van der Waals surface area contributed by atoms with Gasteiger partial charge in [0.25, 0.3) is 0 Å². The van der Waals surface area contributed by atoms with E-state index in [1.165, 1.54) is 31.5 Å². The molecule has 0 bridgehead atoms. The summed E-state index contributed by atoms with van der Waals surface area (Å²) in [7, 11) is 0. The monoisotopic (exact) mass is 421 g/mol. The van der Waals surface area contributed by atoms with E-state index in [0.29, 0.717) is 12.4 Å². The number of ether oxygens (including phenoxy) is 1. The fraction of sp³-hybridized carbons (Fsp3) is 0.227. The summed E-state index contributed by atoms with van der Waals surface area (Å²) in [6, 6.07) is 16.2. The van der Waals surface area contributed by atoms with Gasteiger partial charge in [-0.3, -0.25) is 4.98 Å². The molecule has 2 unspecified atom stereocenters. The van der Waals surface area contributed by atoms with Gasteiger partial charge < -0.3 is 9.84 Å². The number of aliphatic hydroxyl groups is 1. The predicted molar refractivity (Wildman–Crippen MR) is 105 cm³/mol. The van der Waals surface area contributed by atoms with E-state index in [2.05, 4.69) is 4.98 Å². The van der Waals surface area contributed by atoms with E-state index in [1.54, 1.807) is 6.07 Å². The minimum atomic E-state index is -4.92. The molecular weight excluding hydrogens is 403 g/mol. The second kappa shape index (κ2) is 8.43. The highest BCUT2D eigenvalue weighted by Gasteiger charge is 2.58. The first-order chi connectivity index (χ1) is 13.7. The van der Waals surface area contributed by atoms with Crippen LogP contribution in [-0.4, -0.2) is 16.3 Å². The van der Waals surface area contributed by atoms with Crippen molar-refractivity contribution in [2.45, 2.75) is 31.2 Å². The Labute approximate surface area is 171 Å². The van der Waals surface area contributed by atoms with Crippen LogP contribution in [0.15, 0.2) is 73.1 Å². The van der Waals surface area contributed by atoms with Crippen LogP contribution in [0, 0.1) is 0 Å². The molecule has 1 aromatic heterocycles. The van der Waals surface area contributed by atoms with Crippen molar-refractivity contribution in [1.82, 2.24) is 4.98 Å². The van der Waals surface area contributed by atoms with Crippen molar-refractivity contribution in [3.63, 3.8) is 0 Å². The third kappa shape index (κ3) is 4.38. The van der Waals surface area contributed by atoms with Crippen LogP contribution in [-0.2, 0) is 12.2 Å². The summed E-state index contributed by atoms with van der Waals surface area (Å²) in [5, 5.41) is 10.8. The molecule has 3 rings (SSSR count). The Bertz CT molecular complexity index is 951. The summed E-state index contributed by atoms with van der Waals surface area (Å²) in [6.07, 6.45) is -2.50. The molecule has 0 aliphatic rings. The van der Waals surface area contributed by atoms with Gasteiger partial charge in [0.05, 0.1) is 0 Å². The van der Waals surface area contributed by atoms with Crippen molar-refractivity contribution in [3.05, 3.63) is 94.8 Å². The van der Waals surface area contributed by atoms with E-state index >= 15 is 0 Å². The van der Waals surface area contributed by atoms with Crippen LogP contribution in [0.25, 0.3) is 0 Å². The van der Waals surface area contributed by atoms with Gasteiger partial charge in [-0.2, -0.15) is 13.2 Å². The Morgan fingerprint density at radius 3 is 2.28 bits per heavy atom. The van der Waals surface area contributed by atoms with Crippen molar-refractivity contribution >= 4 is 11.6 Å². The zero-order valence-electron chi connectivity index (χ0n) is 15.5. The lowest BCUT2D eigenvalue weighted by atomic mass is 9.78. The van der Waals surface area contributed by atoms with Gasteiger partial charge in [-0.05, 0) is 41.0 Å². The smallest absolute Gasteiger partial charge is 0.422 e. The van der Waals surface area contributed by atoms with Gasteiger partial charge in [-0.1, -0.05) is 54.9 Å². The standard InChI is InChI=1S/C22H19ClF3NO2/c1-15(21(28,22(24,25)26)17-9-11-27-12-10-17)19-8-7-18(13-20(19)23)29-14-16-5-3-2-4-6-16/h2-13,15,28H,14H2,1H3. The van der Waals surface area contributed by atoms with Crippen molar-refractivity contribution in [2.75, 3.05) is 0 Å². The van der Waals surface area contributed by atoms with Gasteiger partial charge in [0.1, 0.15) is 12.4 Å². The van der Waals surface area contributed by atoms with E-state index in [0.717, 1.165) is 17.7 Å². The summed E-state index contributed by atoms with van der Waals surface area (Å²) in [6.45, 7) is 1.59. The second-order valence-electron chi connectivity index (χ2n) is 6.68. The first kappa shape index (κ1) is 21.1. The van der Waals surface area contributed by atoms with E-state index < -0.39 is 17.7 Å². The fourth-order valence-electron chi connectivity index (χ4n) is 3.18. The van der Waals surface area contributed by atoms with Gasteiger partial charge in [-0.25, -0.2) is 0 Å². The number of alkyl halides is 3. The molecule has 0 aliphatic heterocycles. The molecule has 2 aromatic carbocycles. The zero-order chi connectivity index (χ0) is 21.1. The van der Waals surface area contributed by atoms with Crippen LogP contribution >= 0.6 is 11.6 Å². The molecule has 1 heterocycles. The van der Waals surface area contributed by atoms with Crippen molar-refractivity contribution in [2.24, 2.45) is 0 Å². The lowest BCUT2D eigenvalue weighted by Gasteiger charge is -2.36. The fourth-order valence-corrected chi connectivity index (χ4v) is 3.51. The number of pyridine rings is 1. The summed E-state index contributed by atoms with van der Waals surface area (Å²) in [5.41, 5.74) is -2.31. The highest BCUT2D eigenvalue weighted by Crippen LogP contribution is 2.49. The Morgan fingerprint density at radius 2 is 1.69 bits per heavy atom. The topological polar surface area (TPSA) is 42.4 Å². The van der Waals surface area contributed by atoms with E-state index in [1.807, 2.05) is 30.3 Å². The number of rotatable bonds is 6. The summed E-state index contributed by atoms with van der Waals surface area (Å²) < 4.78 is 47.4. The molecule has 0 saturated carbocycles. The number of hydrogen-bond donors (Lipinski definition) is 1. The average molecular weight is 422 g/mol. The van der Waals surface area contributed by atoms with E-state index in [4.69, 9.17) is 16.3 Å². The molecule has 0 aliphatic carbocycles. The van der Waals surface area contributed by atoms with Gasteiger partial charge in [0.2, 0.25) is 0 Å². The number of benzene rings is 2. The number of nitrogens with zero attached hydrogens (tertiary/aromatic N) is 1. The van der Waals surface area contributed by atoms with Crippen LogP contribution in [0.2, 0.25) is 5.02 Å². The van der Waals surface area contributed by atoms with Crippen molar-refractivity contribution in [1.29, 1.82) is 0 Å². The lowest BCUT2D eigenvalue weighted by Crippen LogP contribution is -2.46. The maximum absolute atomic E-state index is 13.9. The SMILES string of the molecule is CC(c1ccc(OCc2ccccc2)cc1Cl)C(O)(c1ccncc1)C(F)(F)F. The molecule has 0 radical (unpaired) electrons. The van der Waals surface area contributed by atoms with E-state index in [-0.39, 0.29) is 16.1 Å². The molecule has 1 N–H and O–H groups in total. The van der Waals surface area contributed by atoms with Gasteiger partial charge in [0, 0.05) is 23.3 Å². The highest BCUT2D eigenvalue weighted by atomic mass is 35.5. The quantitative estimate of drug-likeness (QED) is 0.541. The summed E-state index contributed by atoms with van der Waals surface area (Å²) in [4.78, 5) is 3.73. The summed E-state index contributed by atoms with van der Waals surface area (Å²) in [5.74, 6) is -0.935.